The molecule has 0 radical (unpaired) electrons. The number of amides is 1. The number of methoxy groups -OCH3 is 2. The van der Waals surface area contributed by atoms with Crippen molar-refractivity contribution in [2.45, 2.75) is 6.54 Å². The molecule has 0 atom stereocenters. The van der Waals surface area contributed by atoms with E-state index in [1.807, 2.05) is 24.3 Å². The van der Waals surface area contributed by atoms with Gasteiger partial charge in [-0.1, -0.05) is 6.07 Å². The number of hydrogen-bond acceptors (Lipinski definition) is 6. The summed E-state index contributed by atoms with van der Waals surface area (Å²) in [4.78, 5) is 18.9. The SMILES string of the molecule is COc1ccc(CNC(=O)c2ccc(N3CCOCC3)nc2)cc1OC. The largest absolute Gasteiger partial charge is 0.493 e. The van der Waals surface area contributed by atoms with Crippen LogP contribution < -0.4 is 19.7 Å². The number of morpholine rings is 1. The maximum Gasteiger partial charge on any atom is 0.253 e. The number of benzene rings is 1. The van der Waals surface area contributed by atoms with Crippen molar-refractivity contribution in [2.24, 2.45) is 0 Å². The van der Waals surface area contributed by atoms with Gasteiger partial charge in [0.25, 0.3) is 5.91 Å². The van der Waals surface area contributed by atoms with Crippen LogP contribution in [0.15, 0.2) is 36.5 Å². The molecule has 0 unspecified atom stereocenters. The number of rotatable bonds is 6. The predicted octanol–water partition coefficient (Wildman–Crippen LogP) is 1.87. The molecule has 1 amide bonds. The Morgan fingerprint density at radius 3 is 2.58 bits per heavy atom. The van der Waals surface area contributed by atoms with Crippen LogP contribution in [0.3, 0.4) is 0 Å². The van der Waals surface area contributed by atoms with Crippen molar-refractivity contribution >= 4 is 11.7 Å². The van der Waals surface area contributed by atoms with Gasteiger partial charge in [0.1, 0.15) is 5.82 Å². The van der Waals surface area contributed by atoms with Crippen LogP contribution in [0.5, 0.6) is 11.5 Å². The number of hydrogen-bond donors (Lipinski definition) is 1. The quantitative estimate of drug-likeness (QED) is 0.851. The number of ether oxygens (including phenoxy) is 3. The molecule has 3 rings (SSSR count). The van der Waals surface area contributed by atoms with E-state index in [0.29, 0.717) is 36.8 Å². The summed E-state index contributed by atoms with van der Waals surface area (Å²) >= 11 is 0. The second-order valence-corrected chi connectivity index (χ2v) is 5.88. The van der Waals surface area contributed by atoms with Gasteiger partial charge in [0.15, 0.2) is 11.5 Å². The number of anilines is 1. The van der Waals surface area contributed by atoms with Crippen molar-refractivity contribution in [1.29, 1.82) is 0 Å². The van der Waals surface area contributed by atoms with Gasteiger partial charge < -0.3 is 24.4 Å². The Morgan fingerprint density at radius 2 is 1.92 bits per heavy atom. The molecule has 7 nitrogen and oxygen atoms in total. The molecule has 1 aromatic heterocycles. The number of pyridine rings is 1. The summed E-state index contributed by atoms with van der Waals surface area (Å²) in [5.41, 5.74) is 1.45. The molecule has 0 bridgehead atoms. The normalized spacial score (nSPS) is 14.0. The van der Waals surface area contributed by atoms with Crippen LogP contribution >= 0.6 is 0 Å². The number of nitrogens with one attached hydrogen (secondary N) is 1. The minimum absolute atomic E-state index is 0.166. The highest BCUT2D eigenvalue weighted by molar-refractivity contribution is 5.94. The summed E-state index contributed by atoms with van der Waals surface area (Å²) in [5.74, 6) is 1.99. The highest BCUT2D eigenvalue weighted by Crippen LogP contribution is 2.27. The van der Waals surface area contributed by atoms with Crippen LogP contribution in [-0.4, -0.2) is 51.4 Å². The number of carbonyl (C=O) groups excluding carboxylic acids is 1. The standard InChI is InChI=1S/C19H23N3O4/c1-24-16-5-3-14(11-17(16)25-2)12-21-19(23)15-4-6-18(20-13-15)22-7-9-26-10-8-22/h3-6,11,13H,7-10,12H2,1-2H3,(H,21,23). The Kier molecular flexibility index (Phi) is 5.91. The molecular weight excluding hydrogens is 334 g/mol. The van der Waals surface area contributed by atoms with Crippen LogP contribution in [0.2, 0.25) is 0 Å². The van der Waals surface area contributed by atoms with Crippen LogP contribution in [0.25, 0.3) is 0 Å². The molecule has 1 N–H and O–H groups in total. The van der Waals surface area contributed by atoms with Gasteiger partial charge in [0.05, 0.1) is 33.0 Å². The highest BCUT2D eigenvalue weighted by atomic mass is 16.5. The topological polar surface area (TPSA) is 72.9 Å². The van der Waals surface area contributed by atoms with Crippen molar-refractivity contribution in [1.82, 2.24) is 10.3 Å². The number of aromatic nitrogens is 1. The van der Waals surface area contributed by atoms with Crippen LogP contribution in [0, 0.1) is 0 Å². The molecular formula is C19H23N3O4. The van der Waals surface area contributed by atoms with Crippen molar-refractivity contribution < 1.29 is 19.0 Å². The van der Waals surface area contributed by atoms with Gasteiger partial charge in [-0.3, -0.25) is 4.79 Å². The average molecular weight is 357 g/mol. The smallest absolute Gasteiger partial charge is 0.253 e. The molecule has 1 aliphatic rings. The highest BCUT2D eigenvalue weighted by Gasteiger charge is 2.13. The second-order valence-electron chi connectivity index (χ2n) is 5.88. The van der Waals surface area contributed by atoms with E-state index in [1.54, 1.807) is 26.5 Å². The van der Waals surface area contributed by atoms with Crippen molar-refractivity contribution in [2.75, 3.05) is 45.4 Å². The number of nitrogens with zero attached hydrogens (tertiary/aromatic N) is 2. The van der Waals surface area contributed by atoms with Crippen LogP contribution in [-0.2, 0) is 11.3 Å². The lowest BCUT2D eigenvalue weighted by Gasteiger charge is -2.27. The van der Waals surface area contributed by atoms with Crippen molar-refractivity contribution in [3.05, 3.63) is 47.7 Å². The Balaban J connectivity index is 1.59. The summed E-state index contributed by atoms with van der Waals surface area (Å²) < 4.78 is 15.8. The zero-order valence-electron chi connectivity index (χ0n) is 15.0. The molecule has 138 valence electrons. The van der Waals surface area contributed by atoms with Crippen molar-refractivity contribution in [3.63, 3.8) is 0 Å². The van der Waals surface area contributed by atoms with E-state index in [2.05, 4.69) is 15.2 Å². The van der Waals surface area contributed by atoms with Gasteiger partial charge in [-0.15, -0.1) is 0 Å². The zero-order valence-corrected chi connectivity index (χ0v) is 15.0. The molecule has 7 heteroatoms. The van der Waals surface area contributed by atoms with E-state index >= 15 is 0 Å². The summed E-state index contributed by atoms with van der Waals surface area (Å²) in [6, 6.07) is 9.22. The fourth-order valence-corrected chi connectivity index (χ4v) is 2.77. The molecule has 26 heavy (non-hydrogen) atoms. The first-order valence-corrected chi connectivity index (χ1v) is 8.49. The maximum absolute atomic E-state index is 12.3. The maximum atomic E-state index is 12.3. The molecule has 0 aliphatic carbocycles. The van der Waals surface area contributed by atoms with Crippen LogP contribution in [0.4, 0.5) is 5.82 Å². The lowest BCUT2D eigenvalue weighted by atomic mass is 10.2. The molecule has 0 saturated carbocycles. The fraction of sp³-hybridized carbons (Fsp3) is 0.368. The monoisotopic (exact) mass is 357 g/mol. The van der Waals surface area contributed by atoms with Gasteiger partial charge in [0, 0.05) is 25.8 Å². The van der Waals surface area contributed by atoms with E-state index in [9.17, 15) is 4.79 Å². The summed E-state index contributed by atoms with van der Waals surface area (Å²) in [7, 11) is 3.18. The minimum Gasteiger partial charge on any atom is -0.493 e. The predicted molar refractivity (Wildman–Crippen MR) is 98.0 cm³/mol. The lowest BCUT2D eigenvalue weighted by Crippen LogP contribution is -2.36. The van der Waals surface area contributed by atoms with E-state index < -0.39 is 0 Å². The third kappa shape index (κ3) is 4.23. The molecule has 1 aliphatic heterocycles. The van der Waals surface area contributed by atoms with E-state index in [0.717, 1.165) is 24.5 Å². The van der Waals surface area contributed by atoms with Gasteiger partial charge >= 0.3 is 0 Å². The van der Waals surface area contributed by atoms with E-state index in [-0.39, 0.29) is 5.91 Å². The molecule has 2 heterocycles. The Bertz CT molecular complexity index is 743. The fourth-order valence-electron chi connectivity index (χ4n) is 2.77. The second kappa shape index (κ2) is 8.53. The number of carbonyl (C=O) groups is 1. The van der Waals surface area contributed by atoms with Gasteiger partial charge in [-0.25, -0.2) is 4.98 Å². The van der Waals surface area contributed by atoms with Gasteiger partial charge in [0.2, 0.25) is 0 Å². The van der Waals surface area contributed by atoms with E-state index in [4.69, 9.17) is 14.2 Å². The van der Waals surface area contributed by atoms with Crippen molar-refractivity contribution in [3.8, 4) is 11.5 Å². The van der Waals surface area contributed by atoms with E-state index in [1.165, 1.54) is 0 Å². The Labute approximate surface area is 152 Å². The third-order valence-corrected chi connectivity index (χ3v) is 4.25. The van der Waals surface area contributed by atoms with Gasteiger partial charge in [-0.2, -0.15) is 0 Å². The summed E-state index contributed by atoms with van der Waals surface area (Å²) in [6.45, 7) is 3.44. The molecule has 1 fully saturated rings. The Morgan fingerprint density at radius 1 is 1.15 bits per heavy atom. The molecule has 0 spiro atoms. The first-order chi connectivity index (χ1) is 12.7. The average Bonchev–Trinajstić information content (AvgIpc) is 2.72. The molecule has 1 aromatic carbocycles. The Hall–Kier alpha value is -2.80. The molecule has 1 saturated heterocycles. The zero-order chi connectivity index (χ0) is 18.4. The van der Waals surface area contributed by atoms with Gasteiger partial charge in [-0.05, 0) is 29.8 Å². The molecule has 2 aromatic rings. The first kappa shape index (κ1) is 18.0. The third-order valence-electron chi connectivity index (χ3n) is 4.25. The van der Waals surface area contributed by atoms with Crippen LogP contribution in [0.1, 0.15) is 15.9 Å². The summed E-state index contributed by atoms with van der Waals surface area (Å²) in [5, 5.41) is 2.89. The first-order valence-electron chi connectivity index (χ1n) is 8.49. The summed E-state index contributed by atoms with van der Waals surface area (Å²) in [6.07, 6.45) is 1.61. The lowest BCUT2D eigenvalue weighted by molar-refractivity contribution is 0.0950. The minimum atomic E-state index is -0.166.